The highest BCUT2D eigenvalue weighted by Crippen LogP contribution is 2.47. The first-order valence-corrected chi connectivity index (χ1v) is 9.91. The fourth-order valence-corrected chi connectivity index (χ4v) is 4.16. The van der Waals surface area contributed by atoms with E-state index in [1.807, 2.05) is 30.3 Å². The molecule has 0 aliphatic rings. The summed E-state index contributed by atoms with van der Waals surface area (Å²) in [6, 6.07) is 11.5. The highest BCUT2D eigenvalue weighted by molar-refractivity contribution is 7.21. The Kier molecular flexibility index (Phi) is 5.14. The number of ether oxygens (including phenoxy) is 1. The zero-order chi connectivity index (χ0) is 21.3. The van der Waals surface area contributed by atoms with Gasteiger partial charge in [-0.15, -0.1) is 0 Å². The number of carbonyl (C=O) groups is 1. The van der Waals surface area contributed by atoms with Gasteiger partial charge in [-0.1, -0.05) is 29.5 Å². The van der Waals surface area contributed by atoms with Crippen LogP contribution < -0.4 is 27.3 Å². The highest BCUT2D eigenvalue weighted by atomic mass is 32.1. The number of furan rings is 1. The summed E-state index contributed by atoms with van der Waals surface area (Å²) in [7, 11) is 0. The zero-order valence-corrected chi connectivity index (χ0v) is 16.6. The number of benzene rings is 1. The van der Waals surface area contributed by atoms with Crippen molar-refractivity contribution in [2.75, 3.05) is 24.1 Å². The molecule has 9 nitrogen and oxygen atoms in total. The number of amides is 1. The van der Waals surface area contributed by atoms with Gasteiger partial charge in [-0.3, -0.25) is 0 Å². The van der Waals surface area contributed by atoms with Crippen molar-refractivity contribution in [3.63, 3.8) is 0 Å². The Morgan fingerprint density at radius 3 is 2.87 bits per heavy atom. The molecule has 0 aliphatic carbocycles. The van der Waals surface area contributed by atoms with Gasteiger partial charge in [-0.25, -0.2) is 9.78 Å². The molecule has 1 amide bonds. The molecule has 0 bridgehead atoms. The molecule has 152 valence electrons. The fourth-order valence-electron chi connectivity index (χ4n) is 3.20. The van der Waals surface area contributed by atoms with Gasteiger partial charge in [0.1, 0.15) is 33.6 Å². The molecule has 4 rings (SSSR count). The van der Waals surface area contributed by atoms with E-state index < -0.39 is 6.09 Å². The molecule has 0 fully saturated rings. The first-order valence-electron chi connectivity index (χ1n) is 9.09. The smallest absolute Gasteiger partial charge is 0.410 e. The van der Waals surface area contributed by atoms with Gasteiger partial charge in [0.15, 0.2) is 0 Å². The molecule has 0 unspecified atom stereocenters. The van der Waals surface area contributed by atoms with Crippen molar-refractivity contribution in [3.8, 4) is 22.5 Å². The zero-order valence-electron chi connectivity index (χ0n) is 15.8. The Balaban J connectivity index is 2.01. The lowest BCUT2D eigenvalue weighted by Crippen LogP contribution is -2.16. The van der Waals surface area contributed by atoms with Crippen LogP contribution in [0.25, 0.3) is 32.5 Å². The number of hydrogen-bond acceptors (Lipinski definition) is 9. The number of nitrogens with zero attached hydrogens (tertiary/aromatic N) is 2. The van der Waals surface area contributed by atoms with Crippen LogP contribution in [0.5, 0.6) is 5.06 Å². The third-order valence-electron chi connectivity index (χ3n) is 4.49. The third-order valence-corrected chi connectivity index (χ3v) is 5.47. The summed E-state index contributed by atoms with van der Waals surface area (Å²) < 4.78 is 11.1. The predicted octanol–water partition coefficient (Wildman–Crippen LogP) is 3.38. The van der Waals surface area contributed by atoms with E-state index in [0.29, 0.717) is 52.5 Å². The number of nitrogen functional groups attached to an aromatic ring is 1. The van der Waals surface area contributed by atoms with Crippen LogP contribution in [0.1, 0.15) is 12.0 Å². The maximum absolute atomic E-state index is 11.3. The number of thiophene rings is 1. The molecule has 0 radical (unpaired) electrons. The van der Waals surface area contributed by atoms with Crippen LogP contribution in [0.2, 0.25) is 0 Å². The molecular weight excluding hydrogens is 404 g/mol. The topological polar surface area (TPSA) is 166 Å². The van der Waals surface area contributed by atoms with Crippen molar-refractivity contribution >= 4 is 50.1 Å². The van der Waals surface area contributed by atoms with Gasteiger partial charge in [0, 0.05) is 11.9 Å². The first-order chi connectivity index (χ1) is 14.5. The lowest BCUT2D eigenvalue weighted by molar-refractivity contribution is 0.212. The molecule has 3 aromatic heterocycles. The maximum Gasteiger partial charge on any atom is 0.410 e. The minimum Gasteiger partial charge on any atom is -0.456 e. The Hall–Kier alpha value is -3.81. The molecular formula is C20H18N6O3S. The van der Waals surface area contributed by atoms with Crippen LogP contribution in [0, 0.1) is 11.3 Å². The van der Waals surface area contributed by atoms with Crippen LogP contribution in [0.4, 0.5) is 16.3 Å². The number of carbonyl (C=O) groups excluding carboxylic acids is 1. The number of para-hydroxylation sites is 1. The minimum atomic E-state index is -0.986. The number of aromatic nitrogens is 1. The highest BCUT2D eigenvalue weighted by Gasteiger charge is 2.25. The Morgan fingerprint density at radius 1 is 1.37 bits per heavy atom. The first kappa shape index (κ1) is 19.5. The third kappa shape index (κ3) is 3.36. The van der Waals surface area contributed by atoms with Crippen molar-refractivity contribution in [1.82, 2.24) is 4.98 Å². The molecule has 4 aromatic rings. The largest absolute Gasteiger partial charge is 0.456 e. The van der Waals surface area contributed by atoms with Crippen molar-refractivity contribution in [3.05, 3.63) is 35.9 Å². The summed E-state index contributed by atoms with van der Waals surface area (Å²) >= 11 is 1.07. The number of primary amides is 1. The molecule has 3 heterocycles. The number of fused-ring (bicyclic) bond motifs is 2. The van der Waals surface area contributed by atoms with Crippen LogP contribution in [0.15, 0.2) is 34.7 Å². The van der Waals surface area contributed by atoms with E-state index in [-0.39, 0.29) is 16.3 Å². The minimum absolute atomic E-state index is 0.116. The summed E-state index contributed by atoms with van der Waals surface area (Å²) in [5.74, 6) is 0.831. The molecule has 10 heteroatoms. The molecule has 0 saturated heterocycles. The monoisotopic (exact) mass is 422 g/mol. The Bertz CT molecular complexity index is 1270. The standard InChI is InChI=1S/C20H18N6O3S/c21-6-3-7-25-17-11(9-22)14(13-8-10-4-1-2-5-12(10)28-13)15-16(23)19(29-20(24)27)30-18(15)26-17/h1-2,4-5,8H,3,6-7,21,23H2,(H2,24,27)(H,25,26). The molecule has 0 saturated carbocycles. The predicted molar refractivity (Wildman–Crippen MR) is 116 cm³/mol. The van der Waals surface area contributed by atoms with E-state index in [0.717, 1.165) is 16.7 Å². The van der Waals surface area contributed by atoms with Crippen molar-refractivity contribution < 1.29 is 13.9 Å². The lowest BCUT2D eigenvalue weighted by Gasteiger charge is -2.11. The normalized spacial score (nSPS) is 10.9. The van der Waals surface area contributed by atoms with E-state index >= 15 is 0 Å². The Labute approximate surface area is 175 Å². The second kappa shape index (κ2) is 7.90. The van der Waals surface area contributed by atoms with Crippen LogP contribution in [-0.2, 0) is 0 Å². The molecule has 0 spiro atoms. The van der Waals surface area contributed by atoms with E-state index in [4.69, 9.17) is 26.4 Å². The fraction of sp³-hybridized carbons (Fsp3) is 0.150. The van der Waals surface area contributed by atoms with Gasteiger partial charge in [-0.2, -0.15) is 5.26 Å². The number of hydrogen-bond donors (Lipinski definition) is 4. The van der Waals surface area contributed by atoms with Gasteiger partial charge < -0.3 is 31.7 Å². The van der Waals surface area contributed by atoms with Gasteiger partial charge in [0.25, 0.3) is 0 Å². The van der Waals surface area contributed by atoms with Crippen molar-refractivity contribution in [2.45, 2.75) is 6.42 Å². The number of anilines is 2. The van der Waals surface area contributed by atoms with Crippen LogP contribution in [0.3, 0.4) is 0 Å². The summed E-state index contributed by atoms with van der Waals surface area (Å²) in [6.45, 7) is 1.03. The Morgan fingerprint density at radius 2 is 2.17 bits per heavy atom. The average Bonchev–Trinajstić information content (AvgIpc) is 3.28. The average molecular weight is 422 g/mol. The summed E-state index contributed by atoms with van der Waals surface area (Å²) in [6.07, 6.45) is -0.284. The van der Waals surface area contributed by atoms with Gasteiger partial charge in [0.2, 0.25) is 5.06 Å². The number of rotatable bonds is 6. The number of nitrogens with one attached hydrogen (secondary N) is 1. The quantitative estimate of drug-likeness (QED) is 0.343. The second-order valence-electron chi connectivity index (χ2n) is 6.44. The van der Waals surface area contributed by atoms with E-state index in [1.165, 1.54) is 0 Å². The summed E-state index contributed by atoms with van der Waals surface area (Å²) in [5, 5.41) is 14.6. The molecule has 1 aromatic carbocycles. The summed E-state index contributed by atoms with van der Waals surface area (Å²) in [4.78, 5) is 16.3. The second-order valence-corrected chi connectivity index (χ2v) is 7.41. The van der Waals surface area contributed by atoms with Crippen molar-refractivity contribution in [2.24, 2.45) is 11.5 Å². The molecule has 30 heavy (non-hydrogen) atoms. The van der Waals surface area contributed by atoms with Crippen molar-refractivity contribution in [1.29, 1.82) is 5.26 Å². The van der Waals surface area contributed by atoms with E-state index in [1.54, 1.807) is 0 Å². The van der Waals surface area contributed by atoms with Crippen LogP contribution >= 0.6 is 11.3 Å². The molecule has 0 atom stereocenters. The van der Waals surface area contributed by atoms with Crippen LogP contribution in [-0.4, -0.2) is 24.2 Å². The van der Waals surface area contributed by atoms with Gasteiger partial charge >= 0.3 is 6.09 Å². The maximum atomic E-state index is 11.3. The molecule has 0 aliphatic heterocycles. The molecule has 7 N–H and O–H groups in total. The summed E-state index contributed by atoms with van der Waals surface area (Å²) in [5.41, 5.74) is 18.6. The van der Waals surface area contributed by atoms with E-state index in [2.05, 4.69) is 16.4 Å². The number of pyridine rings is 1. The number of nitriles is 1. The SMILES string of the molecule is N#Cc1c(NCCCN)nc2sc(OC(N)=O)c(N)c2c1-c1cc2ccccc2o1. The van der Waals surface area contributed by atoms with Gasteiger partial charge in [-0.05, 0) is 25.1 Å². The lowest BCUT2D eigenvalue weighted by atomic mass is 10.0. The van der Waals surface area contributed by atoms with E-state index in [9.17, 15) is 10.1 Å². The van der Waals surface area contributed by atoms with Gasteiger partial charge in [0.05, 0.1) is 16.6 Å². The number of nitrogens with two attached hydrogens (primary N) is 3.